The van der Waals surface area contributed by atoms with E-state index in [1.54, 1.807) is 49.4 Å². The molecule has 2 heterocycles. The number of nitrogens with zero attached hydrogens (tertiary/aromatic N) is 1. The van der Waals surface area contributed by atoms with E-state index < -0.39 is 11.8 Å². The Morgan fingerprint density at radius 1 is 1.17 bits per heavy atom. The van der Waals surface area contributed by atoms with Crippen LogP contribution in [0.4, 0.5) is 5.69 Å². The lowest BCUT2D eigenvalue weighted by Gasteiger charge is -2.28. The first-order valence-electron chi connectivity index (χ1n) is 10.9. The number of dihydropyridines is 1. The lowest BCUT2D eigenvalue weighted by Crippen LogP contribution is -2.30. The van der Waals surface area contributed by atoms with E-state index in [0.29, 0.717) is 44.6 Å². The number of hydrogen-bond donors (Lipinski definition) is 2. The Morgan fingerprint density at radius 2 is 1.92 bits per heavy atom. The number of amides is 1. The molecule has 0 saturated heterocycles. The maximum Gasteiger partial charge on any atom is 0.254 e. The van der Waals surface area contributed by atoms with Gasteiger partial charge < -0.3 is 19.8 Å². The highest BCUT2D eigenvalue weighted by Gasteiger charge is 2.36. The molecular weight excluding hydrogens is 542 g/mol. The van der Waals surface area contributed by atoms with E-state index in [9.17, 15) is 14.9 Å². The third-order valence-electron chi connectivity index (χ3n) is 5.59. The van der Waals surface area contributed by atoms with Gasteiger partial charge in [0.1, 0.15) is 11.5 Å². The van der Waals surface area contributed by atoms with Crippen LogP contribution >= 0.6 is 27.7 Å². The summed E-state index contributed by atoms with van der Waals surface area (Å²) < 4.78 is 11.9. The molecule has 0 aliphatic carbocycles. The lowest BCUT2D eigenvalue weighted by atomic mass is 9.85. The average Bonchev–Trinajstić information content (AvgIpc) is 3.42. The number of benzene rings is 2. The van der Waals surface area contributed by atoms with Gasteiger partial charge in [-0.2, -0.15) is 5.26 Å². The minimum Gasteiger partial charge on any atom is -0.495 e. The summed E-state index contributed by atoms with van der Waals surface area (Å²) in [4.78, 5) is 26.2. The Bertz CT molecular complexity index is 1390. The van der Waals surface area contributed by atoms with Crippen LogP contribution in [0.2, 0.25) is 0 Å². The van der Waals surface area contributed by atoms with E-state index in [4.69, 9.17) is 9.15 Å². The molecule has 1 aliphatic rings. The van der Waals surface area contributed by atoms with Crippen LogP contribution in [0.5, 0.6) is 5.75 Å². The summed E-state index contributed by atoms with van der Waals surface area (Å²) in [5, 5.41) is 16.7. The number of methoxy groups -OCH3 is 1. The first-order chi connectivity index (χ1) is 17.4. The summed E-state index contributed by atoms with van der Waals surface area (Å²) in [6, 6.07) is 19.9. The Labute approximate surface area is 221 Å². The van der Waals surface area contributed by atoms with Gasteiger partial charge in [-0.05, 0) is 43.3 Å². The second-order valence-electron chi connectivity index (χ2n) is 7.84. The molecule has 0 spiro atoms. The largest absolute Gasteiger partial charge is 0.495 e. The van der Waals surface area contributed by atoms with Gasteiger partial charge in [0.05, 0.1) is 53.0 Å². The highest BCUT2D eigenvalue weighted by molar-refractivity contribution is 9.10. The van der Waals surface area contributed by atoms with Crippen molar-refractivity contribution in [3.05, 3.63) is 105 Å². The molecule has 9 heteroatoms. The van der Waals surface area contributed by atoms with Crippen molar-refractivity contribution in [1.29, 1.82) is 5.26 Å². The molecule has 1 amide bonds. The van der Waals surface area contributed by atoms with Gasteiger partial charge in [-0.15, -0.1) is 0 Å². The zero-order valence-electron chi connectivity index (χ0n) is 19.5. The van der Waals surface area contributed by atoms with Crippen molar-refractivity contribution in [2.75, 3.05) is 18.2 Å². The number of ether oxygens (including phenoxy) is 1. The van der Waals surface area contributed by atoms with Crippen LogP contribution in [-0.2, 0) is 4.79 Å². The fraction of sp³-hybridized carbons (Fsp3) is 0.148. The molecule has 3 aromatic rings. The van der Waals surface area contributed by atoms with E-state index >= 15 is 0 Å². The predicted octanol–water partition coefficient (Wildman–Crippen LogP) is 6.00. The monoisotopic (exact) mass is 563 g/mol. The quantitative estimate of drug-likeness (QED) is 0.324. The summed E-state index contributed by atoms with van der Waals surface area (Å²) >= 11 is 4.59. The lowest BCUT2D eigenvalue weighted by molar-refractivity contribution is -0.113. The van der Waals surface area contributed by atoms with Crippen LogP contribution in [0, 0.1) is 11.3 Å². The van der Waals surface area contributed by atoms with Gasteiger partial charge in [0.15, 0.2) is 5.78 Å². The number of nitriles is 1. The van der Waals surface area contributed by atoms with Crippen LogP contribution in [0.15, 0.2) is 97.7 Å². The molecule has 0 bridgehead atoms. The molecular formula is C27H22BrN3O4S. The molecule has 1 unspecified atom stereocenters. The zero-order chi connectivity index (χ0) is 25.7. The number of carbonyl (C=O) groups is 2. The number of halogens is 1. The van der Waals surface area contributed by atoms with Crippen molar-refractivity contribution in [2.24, 2.45) is 0 Å². The number of rotatable bonds is 8. The molecule has 1 aliphatic heterocycles. The highest BCUT2D eigenvalue weighted by Crippen LogP contribution is 2.41. The topological polar surface area (TPSA) is 104 Å². The van der Waals surface area contributed by atoms with Gasteiger partial charge in [-0.25, -0.2) is 0 Å². The molecule has 0 radical (unpaired) electrons. The second-order valence-corrected chi connectivity index (χ2v) is 9.74. The highest BCUT2D eigenvalue weighted by atomic mass is 79.9. The third kappa shape index (κ3) is 5.40. The first kappa shape index (κ1) is 25.4. The molecule has 1 aromatic heterocycles. The minimum absolute atomic E-state index is 0.0741. The molecule has 4 rings (SSSR count). The summed E-state index contributed by atoms with van der Waals surface area (Å²) in [5.74, 6) is -0.123. The molecule has 1 atom stereocenters. The van der Waals surface area contributed by atoms with Gasteiger partial charge in [0.25, 0.3) is 5.91 Å². The number of thioether (sulfide) groups is 1. The molecule has 182 valence electrons. The van der Waals surface area contributed by atoms with Crippen molar-refractivity contribution >= 4 is 45.1 Å². The summed E-state index contributed by atoms with van der Waals surface area (Å²) in [6.07, 6.45) is 1.50. The van der Waals surface area contributed by atoms with Gasteiger partial charge >= 0.3 is 0 Å². The van der Waals surface area contributed by atoms with Gasteiger partial charge in [0, 0.05) is 15.7 Å². The first-order valence-corrected chi connectivity index (χ1v) is 12.7. The number of ketones is 1. The van der Waals surface area contributed by atoms with Gasteiger partial charge in [0.2, 0.25) is 0 Å². The summed E-state index contributed by atoms with van der Waals surface area (Å²) in [7, 11) is 1.53. The maximum absolute atomic E-state index is 13.5. The number of nitrogens with one attached hydrogen (secondary N) is 2. The molecule has 2 N–H and O–H groups in total. The van der Waals surface area contributed by atoms with Crippen molar-refractivity contribution in [2.45, 2.75) is 12.8 Å². The smallest absolute Gasteiger partial charge is 0.254 e. The van der Waals surface area contributed by atoms with Crippen LogP contribution in [0.3, 0.4) is 0 Å². The number of Topliss-reactive ketones (excluding diaryl/α,β-unsaturated/α-hetero) is 1. The Morgan fingerprint density at radius 3 is 2.58 bits per heavy atom. The third-order valence-corrected chi connectivity index (χ3v) is 7.13. The molecule has 2 aromatic carbocycles. The summed E-state index contributed by atoms with van der Waals surface area (Å²) in [5.41, 5.74) is 2.28. The molecule has 36 heavy (non-hydrogen) atoms. The fourth-order valence-corrected chi connectivity index (χ4v) is 5.11. The van der Waals surface area contributed by atoms with E-state index in [-0.39, 0.29) is 11.5 Å². The van der Waals surface area contributed by atoms with Crippen molar-refractivity contribution in [3.63, 3.8) is 0 Å². The fourth-order valence-electron chi connectivity index (χ4n) is 3.86. The van der Waals surface area contributed by atoms with Crippen LogP contribution in [-0.4, -0.2) is 24.6 Å². The number of hydrogen-bond acceptors (Lipinski definition) is 7. The van der Waals surface area contributed by atoms with Crippen molar-refractivity contribution in [1.82, 2.24) is 5.32 Å². The van der Waals surface area contributed by atoms with Crippen molar-refractivity contribution < 1.29 is 18.7 Å². The Kier molecular flexibility index (Phi) is 7.98. The zero-order valence-corrected chi connectivity index (χ0v) is 21.9. The average molecular weight is 564 g/mol. The van der Waals surface area contributed by atoms with Crippen molar-refractivity contribution in [3.8, 4) is 11.8 Å². The normalized spacial score (nSPS) is 15.2. The van der Waals surface area contributed by atoms with Gasteiger partial charge in [-0.3, -0.25) is 9.59 Å². The number of para-hydroxylation sites is 2. The SMILES string of the molecule is COc1ccccc1NC(=O)C1=C(C)NC(SCC(=O)c2ccc(Br)cc2)=C(C#N)C1c1ccco1. The predicted molar refractivity (Wildman–Crippen MR) is 142 cm³/mol. The van der Waals surface area contributed by atoms with E-state index in [1.807, 2.05) is 18.2 Å². The maximum atomic E-state index is 13.5. The number of carbonyl (C=O) groups excluding carboxylic acids is 2. The summed E-state index contributed by atoms with van der Waals surface area (Å²) in [6.45, 7) is 1.76. The number of allylic oxidation sites excluding steroid dienone is 2. The van der Waals surface area contributed by atoms with Crippen LogP contribution < -0.4 is 15.4 Å². The standard InChI is InChI=1S/C27H22BrN3O4S/c1-16-24(26(33)31-20-6-3-4-7-22(20)34-2)25(23-8-5-13-35-23)19(14-29)27(30-16)36-15-21(32)17-9-11-18(28)12-10-17/h3-13,25,30H,15H2,1-2H3,(H,31,33). The second kappa shape index (κ2) is 11.3. The molecule has 0 fully saturated rings. The van der Waals surface area contributed by atoms with Crippen LogP contribution in [0.1, 0.15) is 29.0 Å². The minimum atomic E-state index is -0.744. The number of furan rings is 1. The van der Waals surface area contributed by atoms with E-state index in [1.165, 1.54) is 25.1 Å². The molecule has 0 saturated carbocycles. The van der Waals surface area contributed by atoms with Gasteiger partial charge in [-0.1, -0.05) is 52.0 Å². The van der Waals surface area contributed by atoms with E-state index in [2.05, 4.69) is 32.6 Å². The number of anilines is 1. The van der Waals surface area contributed by atoms with Crippen LogP contribution in [0.25, 0.3) is 0 Å². The Balaban J connectivity index is 1.64. The molecule has 7 nitrogen and oxygen atoms in total. The Hall–Kier alpha value is -3.74. The van der Waals surface area contributed by atoms with E-state index in [0.717, 1.165) is 4.47 Å².